The second-order valence-electron chi connectivity index (χ2n) is 8.61. The Kier molecular flexibility index (Phi) is 7.39. The fourth-order valence-electron chi connectivity index (χ4n) is 4.20. The quantitative estimate of drug-likeness (QED) is 0.534. The number of carbonyl (C=O) groups excluding carboxylic acids is 4. The summed E-state index contributed by atoms with van der Waals surface area (Å²) in [5, 5.41) is 12.5. The van der Waals surface area contributed by atoms with Crippen LogP contribution in [-0.4, -0.2) is 65.3 Å². The number of aromatic nitrogens is 1. The number of hydrogen-bond donors (Lipinski definition) is 3. The average Bonchev–Trinajstić information content (AvgIpc) is 3.44. The van der Waals surface area contributed by atoms with E-state index in [9.17, 15) is 19.2 Å². The highest BCUT2D eigenvalue weighted by Gasteiger charge is 2.38. The Balaban J connectivity index is 1.44. The van der Waals surface area contributed by atoms with Gasteiger partial charge in [0.25, 0.3) is 17.7 Å². The summed E-state index contributed by atoms with van der Waals surface area (Å²) in [7, 11) is 1.49. The Morgan fingerprint density at radius 3 is 2.77 bits per heavy atom. The summed E-state index contributed by atoms with van der Waals surface area (Å²) in [5.74, 6) is -1.92. The highest BCUT2D eigenvalue weighted by Crippen LogP contribution is 2.31. The van der Waals surface area contributed by atoms with Crippen LogP contribution in [0.5, 0.6) is 0 Å². The molecule has 0 spiro atoms. The molecule has 10 nitrogen and oxygen atoms in total. The van der Waals surface area contributed by atoms with Crippen LogP contribution in [0.25, 0.3) is 0 Å². The number of aryl methyl sites for hydroxylation is 1. The van der Waals surface area contributed by atoms with Gasteiger partial charge in [-0.05, 0) is 36.6 Å². The number of nitrogens with one attached hydrogen (secondary N) is 3. The Labute approximate surface area is 212 Å². The van der Waals surface area contributed by atoms with Crippen molar-refractivity contribution in [2.24, 2.45) is 5.92 Å². The normalized spacial score (nSPS) is 18.3. The molecule has 0 bridgehead atoms. The number of halogens is 1. The first-order chi connectivity index (χ1) is 16.7. The molecule has 0 saturated carbocycles. The summed E-state index contributed by atoms with van der Waals surface area (Å²) >= 11 is 7.19. The average molecular weight is 519 g/mol. The van der Waals surface area contributed by atoms with Gasteiger partial charge in [0, 0.05) is 38.2 Å². The summed E-state index contributed by atoms with van der Waals surface area (Å²) in [6.07, 6.45) is 0.864. The molecule has 1 fully saturated rings. The first kappa shape index (κ1) is 25.1. The Hall–Kier alpha value is -3.02. The molecule has 1 aromatic carbocycles. The van der Waals surface area contributed by atoms with E-state index in [2.05, 4.69) is 20.9 Å². The molecule has 35 heavy (non-hydrogen) atoms. The van der Waals surface area contributed by atoms with Gasteiger partial charge in [-0.2, -0.15) is 0 Å². The van der Waals surface area contributed by atoms with Crippen molar-refractivity contribution in [3.05, 3.63) is 49.9 Å². The van der Waals surface area contributed by atoms with Crippen molar-refractivity contribution in [3.63, 3.8) is 0 Å². The van der Waals surface area contributed by atoms with Crippen molar-refractivity contribution < 1.29 is 19.2 Å². The van der Waals surface area contributed by atoms with E-state index in [0.717, 1.165) is 35.4 Å². The summed E-state index contributed by atoms with van der Waals surface area (Å²) in [6, 6.07) is 4.49. The minimum atomic E-state index is -0.838. The van der Waals surface area contributed by atoms with Crippen molar-refractivity contribution in [2.75, 3.05) is 26.7 Å². The van der Waals surface area contributed by atoms with Crippen LogP contribution < -0.4 is 16.0 Å². The molecule has 2 aliphatic rings. The lowest BCUT2D eigenvalue weighted by Gasteiger charge is -2.28. The van der Waals surface area contributed by atoms with Crippen LogP contribution in [0.4, 0.5) is 0 Å². The topological polar surface area (TPSA) is 124 Å². The molecule has 4 amide bonds. The van der Waals surface area contributed by atoms with E-state index in [1.165, 1.54) is 7.05 Å². The Morgan fingerprint density at radius 2 is 2.03 bits per heavy atom. The molecule has 12 heteroatoms. The number of fused-ring (bicyclic) bond motifs is 2. The van der Waals surface area contributed by atoms with Gasteiger partial charge in [0.1, 0.15) is 10.9 Å². The smallest absolute Gasteiger partial charge is 0.280 e. The van der Waals surface area contributed by atoms with E-state index in [1.54, 1.807) is 31.0 Å². The predicted octanol–water partition coefficient (Wildman–Crippen LogP) is 1.65. The molecule has 2 aromatic rings. The second-order valence-corrected chi connectivity index (χ2v) is 10.0. The van der Waals surface area contributed by atoms with Gasteiger partial charge in [-0.1, -0.05) is 24.6 Å². The largest absolute Gasteiger partial charge is 0.353 e. The van der Waals surface area contributed by atoms with E-state index in [1.807, 2.05) is 11.1 Å². The highest BCUT2D eigenvalue weighted by atomic mass is 35.5. The third kappa shape index (κ3) is 5.16. The van der Waals surface area contributed by atoms with Gasteiger partial charge in [0.2, 0.25) is 5.91 Å². The molecule has 2 atom stereocenters. The van der Waals surface area contributed by atoms with Crippen LogP contribution in [-0.2, 0) is 16.1 Å². The lowest BCUT2D eigenvalue weighted by molar-refractivity contribution is -0.148. The van der Waals surface area contributed by atoms with Gasteiger partial charge in [-0.15, -0.1) is 11.3 Å². The maximum Gasteiger partial charge on any atom is 0.280 e. The lowest BCUT2D eigenvalue weighted by atomic mass is 9.99. The standard InChI is InChI=1S/C23H27ClN6O4S/c1-12(10-26-20(32)18-13(2)27-22(35-18)21(33)25-3)19(31)28-17-16-6-5-15(24)9-14(16)11-29-7-4-8-30(29)23(17)34/h5-6,9,12,17H,4,7-8,10-11H2,1-3H3,(H,25,33)(H,26,32)(H,28,31)/t12-,17+/m1/s1. The molecule has 3 N–H and O–H groups in total. The molecule has 186 valence electrons. The van der Waals surface area contributed by atoms with E-state index in [0.29, 0.717) is 28.7 Å². The van der Waals surface area contributed by atoms with Crippen LogP contribution in [0.15, 0.2) is 18.2 Å². The molecular formula is C23H27ClN6O4S. The molecule has 4 rings (SSSR count). The van der Waals surface area contributed by atoms with Crippen LogP contribution in [0.1, 0.15) is 55.7 Å². The Morgan fingerprint density at radius 1 is 1.26 bits per heavy atom. The van der Waals surface area contributed by atoms with Crippen LogP contribution >= 0.6 is 22.9 Å². The molecule has 2 aliphatic heterocycles. The van der Waals surface area contributed by atoms with Gasteiger partial charge >= 0.3 is 0 Å². The summed E-state index contributed by atoms with van der Waals surface area (Å²) in [5.41, 5.74) is 2.06. The van der Waals surface area contributed by atoms with Gasteiger partial charge in [-0.25, -0.2) is 9.99 Å². The monoisotopic (exact) mass is 518 g/mol. The molecule has 1 aromatic heterocycles. The number of hydrogen-bond acceptors (Lipinski definition) is 7. The van der Waals surface area contributed by atoms with E-state index >= 15 is 0 Å². The van der Waals surface area contributed by atoms with E-state index < -0.39 is 17.9 Å². The zero-order chi connectivity index (χ0) is 25.3. The molecule has 0 radical (unpaired) electrons. The first-order valence-corrected chi connectivity index (χ1v) is 12.5. The molecular weight excluding hydrogens is 492 g/mol. The predicted molar refractivity (Wildman–Crippen MR) is 131 cm³/mol. The van der Waals surface area contributed by atoms with Crippen LogP contribution in [0.3, 0.4) is 0 Å². The summed E-state index contributed by atoms with van der Waals surface area (Å²) < 4.78 is 0. The number of amides is 4. The zero-order valence-corrected chi connectivity index (χ0v) is 21.3. The van der Waals surface area contributed by atoms with Crippen molar-refractivity contribution in [1.29, 1.82) is 0 Å². The third-order valence-electron chi connectivity index (χ3n) is 6.12. The van der Waals surface area contributed by atoms with Crippen molar-refractivity contribution in [1.82, 2.24) is 31.0 Å². The first-order valence-electron chi connectivity index (χ1n) is 11.3. The summed E-state index contributed by atoms with van der Waals surface area (Å²) in [4.78, 5) is 55.2. The minimum absolute atomic E-state index is 0.0571. The number of rotatable bonds is 6. The van der Waals surface area contributed by atoms with Crippen molar-refractivity contribution in [2.45, 2.75) is 32.9 Å². The van der Waals surface area contributed by atoms with E-state index in [-0.39, 0.29) is 29.3 Å². The van der Waals surface area contributed by atoms with Gasteiger partial charge in [-0.3, -0.25) is 24.2 Å². The van der Waals surface area contributed by atoms with E-state index in [4.69, 9.17) is 11.6 Å². The number of thiazole rings is 1. The number of nitrogens with zero attached hydrogens (tertiary/aromatic N) is 3. The molecule has 1 saturated heterocycles. The second kappa shape index (κ2) is 10.3. The number of benzene rings is 1. The van der Waals surface area contributed by atoms with Gasteiger partial charge in [0.15, 0.2) is 5.01 Å². The number of hydrazine groups is 1. The number of carbonyl (C=O) groups is 4. The SMILES string of the molecule is CNC(=O)c1nc(C)c(C(=O)NC[C@@H](C)C(=O)N[C@@H]2C(=O)N3CCCN3Cc3cc(Cl)ccc32)s1. The third-order valence-corrected chi connectivity index (χ3v) is 7.51. The summed E-state index contributed by atoms with van der Waals surface area (Å²) in [6.45, 7) is 5.30. The fourth-order valence-corrected chi connectivity index (χ4v) is 5.33. The Bertz CT molecular complexity index is 1180. The minimum Gasteiger partial charge on any atom is -0.353 e. The van der Waals surface area contributed by atoms with Gasteiger partial charge < -0.3 is 16.0 Å². The fraction of sp³-hybridized carbons (Fsp3) is 0.435. The van der Waals surface area contributed by atoms with Crippen molar-refractivity contribution in [3.8, 4) is 0 Å². The highest BCUT2D eigenvalue weighted by molar-refractivity contribution is 7.15. The lowest BCUT2D eigenvalue weighted by Crippen LogP contribution is -2.47. The molecule has 3 heterocycles. The van der Waals surface area contributed by atoms with Crippen LogP contribution in [0, 0.1) is 12.8 Å². The molecule has 0 aliphatic carbocycles. The maximum atomic E-state index is 13.3. The zero-order valence-electron chi connectivity index (χ0n) is 19.7. The van der Waals surface area contributed by atoms with Crippen LogP contribution in [0.2, 0.25) is 5.02 Å². The van der Waals surface area contributed by atoms with Crippen molar-refractivity contribution >= 4 is 46.6 Å². The maximum absolute atomic E-state index is 13.3. The molecule has 0 unspecified atom stereocenters. The van der Waals surface area contributed by atoms with Gasteiger partial charge in [0.05, 0.1) is 11.6 Å².